The fourth-order valence-corrected chi connectivity index (χ4v) is 3.47. The molecule has 0 aliphatic carbocycles. The zero-order chi connectivity index (χ0) is 17.4. The molecule has 4 rings (SSSR count). The van der Waals surface area contributed by atoms with Crippen molar-refractivity contribution in [2.75, 3.05) is 20.3 Å². The van der Waals surface area contributed by atoms with Crippen molar-refractivity contribution in [2.24, 2.45) is 0 Å². The largest absolute Gasteiger partial charge is 0.497 e. The molecule has 2 aliphatic rings. The first-order valence-electron chi connectivity index (χ1n) is 8.69. The van der Waals surface area contributed by atoms with Crippen LogP contribution in [-0.4, -0.2) is 48.3 Å². The molecule has 25 heavy (non-hydrogen) atoms. The minimum Gasteiger partial charge on any atom is -0.497 e. The van der Waals surface area contributed by atoms with Gasteiger partial charge in [0.05, 0.1) is 25.3 Å². The van der Waals surface area contributed by atoms with Gasteiger partial charge in [-0.3, -0.25) is 4.79 Å². The molecule has 1 saturated heterocycles. The summed E-state index contributed by atoms with van der Waals surface area (Å²) < 4.78 is 16.9. The lowest BCUT2D eigenvalue weighted by Crippen LogP contribution is -2.41. The quantitative estimate of drug-likeness (QED) is 0.858. The second kappa shape index (κ2) is 6.52. The van der Waals surface area contributed by atoms with Crippen molar-refractivity contribution in [3.63, 3.8) is 0 Å². The number of amides is 1. The van der Waals surface area contributed by atoms with Crippen LogP contribution in [0.4, 0.5) is 0 Å². The number of hydrogen-bond donors (Lipinski definition) is 0. The lowest BCUT2D eigenvalue weighted by molar-refractivity contribution is -0.139. The number of nitrogens with zero attached hydrogens (tertiary/aromatic N) is 2. The van der Waals surface area contributed by atoms with E-state index in [0.717, 1.165) is 41.7 Å². The molecule has 1 amide bonds. The molecule has 1 aromatic heterocycles. The van der Waals surface area contributed by atoms with Crippen LogP contribution in [0.1, 0.15) is 25.3 Å². The number of benzene rings is 1. The third kappa shape index (κ3) is 3.14. The summed E-state index contributed by atoms with van der Waals surface area (Å²) in [5.74, 6) is 1.30. The molecular formula is C19H22N2O4. The Hall–Kier alpha value is -2.34. The minimum absolute atomic E-state index is 0.0184. The van der Waals surface area contributed by atoms with Crippen LogP contribution in [0.15, 0.2) is 24.3 Å². The first-order chi connectivity index (χ1) is 12.1. The summed E-state index contributed by atoms with van der Waals surface area (Å²) in [6.45, 7) is 3.64. The second-order valence-corrected chi connectivity index (χ2v) is 6.63. The molecule has 2 atom stereocenters. The van der Waals surface area contributed by atoms with Gasteiger partial charge >= 0.3 is 0 Å². The van der Waals surface area contributed by atoms with E-state index in [1.165, 1.54) is 0 Å². The Labute approximate surface area is 146 Å². The third-order valence-electron chi connectivity index (χ3n) is 4.82. The van der Waals surface area contributed by atoms with Crippen molar-refractivity contribution in [2.45, 2.75) is 38.5 Å². The molecule has 2 aliphatic heterocycles. The Bertz CT molecular complexity index is 801. The number of rotatable bonds is 3. The highest BCUT2D eigenvalue weighted by Gasteiger charge is 2.31. The fourth-order valence-electron chi connectivity index (χ4n) is 3.47. The van der Waals surface area contributed by atoms with Crippen molar-refractivity contribution in [1.29, 1.82) is 0 Å². The first-order valence-corrected chi connectivity index (χ1v) is 8.69. The smallest absolute Gasteiger partial charge is 0.263 e. The maximum absolute atomic E-state index is 12.7. The van der Waals surface area contributed by atoms with Crippen LogP contribution in [0.3, 0.4) is 0 Å². The van der Waals surface area contributed by atoms with Gasteiger partial charge < -0.3 is 19.1 Å². The Morgan fingerprint density at radius 1 is 1.36 bits per heavy atom. The summed E-state index contributed by atoms with van der Waals surface area (Å²) >= 11 is 0. The topological polar surface area (TPSA) is 60.9 Å². The van der Waals surface area contributed by atoms with Gasteiger partial charge in [0.15, 0.2) is 6.10 Å². The van der Waals surface area contributed by atoms with Crippen molar-refractivity contribution in [1.82, 2.24) is 9.88 Å². The molecule has 0 radical (unpaired) electrons. The van der Waals surface area contributed by atoms with Crippen molar-refractivity contribution < 1.29 is 19.0 Å². The van der Waals surface area contributed by atoms with Gasteiger partial charge in [-0.1, -0.05) is 0 Å². The molecular weight excluding hydrogens is 320 g/mol. The van der Waals surface area contributed by atoms with Crippen molar-refractivity contribution >= 4 is 16.8 Å². The molecule has 3 heterocycles. The number of pyridine rings is 1. The van der Waals surface area contributed by atoms with E-state index in [9.17, 15) is 4.79 Å². The Morgan fingerprint density at radius 3 is 3.00 bits per heavy atom. The first kappa shape index (κ1) is 16.1. The average molecular weight is 342 g/mol. The normalized spacial score (nSPS) is 23.3. The van der Waals surface area contributed by atoms with Crippen LogP contribution in [0.25, 0.3) is 10.9 Å². The lowest BCUT2D eigenvalue weighted by Gasteiger charge is -2.24. The molecule has 6 heteroatoms. The van der Waals surface area contributed by atoms with E-state index >= 15 is 0 Å². The zero-order valence-corrected chi connectivity index (χ0v) is 14.5. The van der Waals surface area contributed by atoms with Crippen molar-refractivity contribution in [3.8, 4) is 11.6 Å². The third-order valence-corrected chi connectivity index (χ3v) is 4.82. The highest BCUT2D eigenvalue weighted by molar-refractivity contribution is 5.84. The van der Waals surface area contributed by atoms with Crippen LogP contribution >= 0.6 is 0 Å². The molecule has 0 saturated carbocycles. The predicted molar refractivity (Wildman–Crippen MR) is 92.8 cm³/mol. The number of methoxy groups -OCH3 is 1. The lowest BCUT2D eigenvalue weighted by atomic mass is 10.1. The summed E-state index contributed by atoms with van der Waals surface area (Å²) in [4.78, 5) is 19.1. The number of aromatic nitrogens is 1. The van der Waals surface area contributed by atoms with E-state index in [1.807, 2.05) is 29.2 Å². The van der Waals surface area contributed by atoms with Gasteiger partial charge in [0.25, 0.3) is 5.91 Å². The van der Waals surface area contributed by atoms with Crippen LogP contribution in [-0.2, 0) is 16.1 Å². The number of hydrogen-bond acceptors (Lipinski definition) is 5. The minimum atomic E-state index is -0.550. The predicted octanol–water partition coefficient (Wildman–Crippen LogP) is 2.53. The number of fused-ring (bicyclic) bond motifs is 2. The maximum atomic E-state index is 12.7. The highest BCUT2D eigenvalue weighted by atomic mass is 16.5. The molecule has 0 spiro atoms. The molecule has 1 fully saturated rings. The summed E-state index contributed by atoms with van der Waals surface area (Å²) in [5, 5.41) is 0.973. The Morgan fingerprint density at radius 2 is 2.24 bits per heavy atom. The SMILES string of the molecule is COc1ccc2nc3c(cc2c1)CN(C[C@@H]1CCCO1)C(=O)[C@H](C)O3. The van der Waals surface area contributed by atoms with Crippen LogP contribution in [0.5, 0.6) is 11.6 Å². The average Bonchev–Trinajstić information content (AvgIpc) is 3.09. The fraction of sp³-hybridized carbons (Fsp3) is 0.474. The highest BCUT2D eigenvalue weighted by Crippen LogP contribution is 2.30. The van der Waals surface area contributed by atoms with E-state index < -0.39 is 6.10 Å². The molecule has 132 valence electrons. The number of carbonyl (C=O) groups is 1. The van der Waals surface area contributed by atoms with Crippen molar-refractivity contribution in [3.05, 3.63) is 29.8 Å². The van der Waals surface area contributed by atoms with Crippen LogP contribution < -0.4 is 9.47 Å². The summed E-state index contributed by atoms with van der Waals surface area (Å²) in [7, 11) is 1.64. The molecule has 0 N–H and O–H groups in total. The number of carbonyl (C=O) groups excluding carboxylic acids is 1. The monoisotopic (exact) mass is 342 g/mol. The molecule has 2 aromatic rings. The van der Waals surface area contributed by atoms with Crippen LogP contribution in [0.2, 0.25) is 0 Å². The van der Waals surface area contributed by atoms with Gasteiger partial charge in [-0.05, 0) is 44.0 Å². The number of ether oxygens (including phenoxy) is 3. The summed E-state index contributed by atoms with van der Waals surface area (Å²) in [6.07, 6.45) is 1.62. The Balaban J connectivity index is 1.69. The molecule has 1 aromatic carbocycles. The van der Waals surface area contributed by atoms with Gasteiger partial charge in [-0.25, -0.2) is 4.98 Å². The van der Waals surface area contributed by atoms with Crippen LogP contribution in [0, 0.1) is 0 Å². The van der Waals surface area contributed by atoms with E-state index in [4.69, 9.17) is 14.2 Å². The maximum Gasteiger partial charge on any atom is 0.263 e. The Kier molecular flexibility index (Phi) is 4.21. The van der Waals surface area contributed by atoms with Gasteiger partial charge in [0, 0.05) is 24.1 Å². The zero-order valence-electron chi connectivity index (χ0n) is 14.5. The van der Waals surface area contributed by atoms with Gasteiger partial charge in [-0.2, -0.15) is 0 Å². The van der Waals surface area contributed by atoms with E-state index in [1.54, 1.807) is 14.0 Å². The van der Waals surface area contributed by atoms with E-state index in [-0.39, 0.29) is 12.0 Å². The van der Waals surface area contributed by atoms with E-state index in [0.29, 0.717) is 19.0 Å². The van der Waals surface area contributed by atoms with Gasteiger partial charge in [0.2, 0.25) is 5.88 Å². The molecule has 0 bridgehead atoms. The summed E-state index contributed by atoms with van der Waals surface area (Å²) in [5.41, 5.74) is 1.74. The standard InChI is InChI=1S/C19H22N2O4/c1-12-19(22)21(11-16-4-3-7-24-16)10-14-8-13-9-15(23-2)5-6-17(13)20-18(14)25-12/h5-6,8-9,12,16H,3-4,7,10-11H2,1-2H3/t12-,16-/m0/s1. The van der Waals surface area contributed by atoms with Gasteiger partial charge in [-0.15, -0.1) is 0 Å². The van der Waals surface area contributed by atoms with E-state index in [2.05, 4.69) is 4.98 Å². The summed E-state index contributed by atoms with van der Waals surface area (Å²) in [6, 6.07) is 7.76. The molecule has 0 unspecified atom stereocenters. The van der Waals surface area contributed by atoms with Gasteiger partial charge in [0.1, 0.15) is 5.75 Å². The second-order valence-electron chi connectivity index (χ2n) is 6.63. The molecule has 6 nitrogen and oxygen atoms in total.